The van der Waals surface area contributed by atoms with Gasteiger partial charge in [-0.25, -0.2) is 14.8 Å². The smallest absolute Gasteiger partial charge is 0.409 e. The molecule has 3 fully saturated rings. The van der Waals surface area contributed by atoms with Crippen molar-refractivity contribution in [3.8, 4) is 0 Å². The Hall–Kier alpha value is -2.82. The largest absolute Gasteiger partial charge is 0.450 e. The molecule has 0 bridgehead atoms. The first-order chi connectivity index (χ1) is 16.3. The Kier molecular flexibility index (Phi) is 7.30. The maximum Gasteiger partial charge on any atom is 0.409 e. The molecule has 1 saturated carbocycles. The summed E-state index contributed by atoms with van der Waals surface area (Å²) in [5.74, 6) is -0.213. The van der Waals surface area contributed by atoms with Crippen LogP contribution in [0.25, 0.3) is 5.70 Å². The Morgan fingerprint density at radius 1 is 1.32 bits per heavy atom. The molecule has 1 atom stereocenters. The molecule has 2 aliphatic heterocycles. The zero-order valence-corrected chi connectivity index (χ0v) is 19.3. The molecule has 1 aromatic rings. The van der Waals surface area contributed by atoms with Crippen LogP contribution in [0.5, 0.6) is 0 Å². The lowest BCUT2D eigenvalue weighted by Gasteiger charge is -2.48. The van der Waals surface area contributed by atoms with Crippen molar-refractivity contribution in [2.24, 2.45) is 16.1 Å². The van der Waals surface area contributed by atoms with Gasteiger partial charge < -0.3 is 20.3 Å². The molecule has 4 rings (SSSR count). The number of aliphatic imine (C=N–C) groups is 1. The fourth-order valence-electron chi connectivity index (χ4n) is 5.35. The number of hydrogen-bond acceptors (Lipinski definition) is 7. The number of aromatic nitrogens is 1. The second-order valence-electron chi connectivity index (χ2n) is 9.18. The van der Waals surface area contributed by atoms with Gasteiger partial charge in [-0.15, -0.1) is 0 Å². The number of ether oxygens (including phenoxy) is 1. The monoisotopic (exact) mass is 480 g/mol. The highest BCUT2D eigenvalue weighted by Gasteiger charge is 2.51. The first-order valence-corrected chi connectivity index (χ1v) is 11.6. The summed E-state index contributed by atoms with van der Waals surface area (Å²) in [5.41, 5.74) is 6.94. The average molecular weight is 481 g/mol. The number of amides is 1. The number of nitrogens with zero attached hydrogens (tertiary/aromatic N) is 5. The van der Waals surface area contributed by atoms with Gasteiger partial charge in [0.15, 0.2) is 0 Å². The Balaban J connectivity index is 1.35. The van der Waals surface area contributed by atoms with E-state index in [-0.39, 0.29) is 17.2 Å². The van der Waals surface area contributed by atoms with E-state index in [1.807, 2.05) is 11.8 Å². The van der Waals surface area contributed by atoms with E-state index in [4.69, 9.17) is 10.5 Å². The Labute approximate surface area is 197 Å². The maximum atomic E-state index is 13.9. The van der Waals surface area contributed by atoms with E-state index in [1.165, 1.54) is 18.2 Å². The van der Waals surface area contributed by atoms with Gasteiger partial charge in [0.05, 0.1) is 6.61 Å². The molecule has 1 aliphatic carbocycles. The van der Waals surface area contributed by atoms with Crippen LogP contribution in [0.3, 0.4) is 0 Å². The van der Waals surface area contributed by atoms with Gasteiger partial charge in [0.1, 0.15) is 5.82 Å². The molecule has 34 heavy (non-hydrogen) atoms. The lowest BCUT2D eigenvalue weighted by Crippen LogP contribution is -2.58. The molecular formula is C23H31F3N6O2. The molecule has 1 spiro atoms. The normalized spacial score (nSPS) is 23.2. The van der Waals surface area contributed by atoms with Gasteiger partial charge in [0, 0.05) is 68.2 Å². The highest BCUT2D eigenvalue weighted by Crippen LogP contribution is 2.47. The van der Waals surface area contributed by atoms with Gasteiger partial charge in [0.2, 0.25) is 5.95 Å². The van der Waals surface area contributed by atoms with E-state index in [9.17, 15) is 18.0 Å². The fourth-order valence-corrected chi connectivity index (χ4v) is 5.35. The van der Waals surface area contributed by atoms with Crippen molar-refractivity contribution in [2.45, 2.75) is 38.8 Å². The molecule has 0 aromatic carbocycles. The highest BCUT2D eigenvalue weighted by atomic mass is 19.3. The van der Waals surface area contributed by atoms with Crippen molar-refractivity contribution in [3.05, 3.63) is 29.7 Å². The second kappa shape index (κ2) is 10.2. The number of halogens is 3. The topological polar surface area (TPSA) is 87.3 Å². The predicted octanol–water partition coefficient (Wildman–Crippen LogP) is 2.95. The van der Waals surface area contributed by atoms with E-state index >= 15 is 0 Å². The van der Waals surface area contributed by atoms with Crippen molar-refractivity contribution >= 4 is 23.8 Å². The quantitative estimate of drug-likeness (QED) is 0.383. The van der Waals surface area contributed by atoms with E-state index in [0.29, 0.717) is 37.1 Å². The SMILES string of the molecule is CCOC(=O)N1CC2(CCC(N3CCN(c4nc(F)ccc4/C(N)=C/C=N/C(F)F)CC3)C2)C1. The van der Waals surface area contributed by atoms with Crippen LogP contribution in [0.2, 0.25) is 0 Å². The molecule has 1 unspecified atom stereocenters. The summed E-state index contributed by atoms with van der Waals surface area (Å²) in [6.07, 6.45) is 5.26. The van der Waals surface area contributed by atoms with Crippen molar-refractivity contribution in [3.63, 3.8) is 0 Å². The zero-order valence-electron chi connectivity index (χ0n) is 19.3. The third-order valence-electron chi connectivity index (χ3n) is 6.99. The van der Waals surface area contributed by atoms with Crippen LogP contribution in [0.15, 0.2) is 23.2 Å². The third kappa shape index (κ3) is 5.29. The maximum absolute atomic E-state index is 13.9. The molecule has 8 nitrogen and oxygen atoms in total. The van der Waals surface area contributed by atoms with E-state index in [2.05, 4.69) is 14.9 Å². The van der Waals surface area contributed by atoms with Crippen LogP contribution in [0.4, 0.5) is 23.8 Å². The number of pyridine rings is 1. The standard InChI is InChI=1S/C23H31F3N6O2/c1-2-34-22(33)32-14-23(15-32)7-5-16(13-23)30-9-11-31(12-10-30)20-17(3-4-19(24)29-20)18(27)6-8-28-21(25)26/h3-4,6,8,16,21H,2,5,7,9-15,27H2,1H3/b18-6-,28-8+. The molecule has 1 aromatic heterocycles. The number of allylic oxidation sites excluding steroid dienone is 1. The zero-order chi connectivity index (χ0) is 24.3. The summed E-state index contributed by atoms with van der Waals surface area (Å²) in [6, 6.07) is 3.18. The molecule has 0 radical (unpaired) electrons. The molecular weight excluding hydrogens is 449 g/mol. The molecule has 2 saturated heterocycles. The number of anilines is 1. The number of likely N-dealkylation sites (tertiary alicyclic amines) is 1. The third-order valence-corrected chi connectivity index (χ3v) is 6.99. The summed E-state index contributed by atoms with van der Waals surface area (Å²) in [4.78, 5) is 25.2. The van der Waals surface area contributed by atoms with E-state index < -0.39 is 12.5 Å². The van der Waals surface area contributed by atoms with Gasteiger partial charge >= 0.3 is 12.6 Å². The average Bonchev–Trinajstić information content (AvgIpc) is 3.24. The Morgan fingerprint density at radius 3 is 2.74 bits per heavy atom. The van der Waals surface area contributed by atoms with Gasteiger partial charge in [0.25, 0.3) is 0 Å². The number of piperazine rings is 1. The van der Waals surface area contributed by atoms with Crippen LogP contribution in [0.1, 0.15) is 31.7 Å². The molecule has 3 aliphatic rings. The summed E-state index contributed by atoms with van der Waals surface area (Å²) in [5, 5.41) is 0. The first-order valence-electron chi connectivity index (χ1n) is 11.6. The van der Waals surface area contributed by atoms with Crippen LogP contribution >= 0.6 is 0 Å². The van der Waals surface area contributed by atoms with Gasteiger partial charge in [-0.05, 0) is 44.4 Å². The molecule has 1 amide bonds. The van der Waals surface area contributed by atoms with Crippen LogP contribution < -0.4 is 10.6 Å². The molecule has 186 valence electrons. The number of carbonyl (C=O) groups excluding carboxylic acids is 1. The van der Waals surface area contributed by atoms with E-state index in [1.54, 1.807) is 4.90 Å². The number of nitrogens with two attached hydrogens (primary N) is 1. The molecule has 2 N–H and O–H groups in total. The second-order valence-corrected chi connectivity index (χ2v) is 9.18. The number of carbonyl (C=O) groups is 1. The van der Waals surface area contributed by atoms with Crippen molar-refractivity contribution in [2.75, 3.05) is 50.8 Å². The van der Waals surface area contributed by atoms with Crippen LogP contribution in [0, 0.1) is 11.4 Å². The summed E-state index contributed by atoms with van der Waals surface area (Å²) in [6.45, 7) is 3.83. The fraction of sp³-hybridized carbons (Fsp3) is 0.609. The lowest BCUT2D eigenvalue weighted by atomic mass is 9.78. The molecule has 3 heterocycles. The number of hydrogen-bond donors (Lipinski definition) is 1. The minimum Gasteiger partial charge on any atom is -0.450 e. The summed E-state index contributed by atoms with van der Waals surface area (Å²) < 4.78 is 43.6. The Bertz CT molecular complexity index is 943. The van der Waals surface area contributed by atoms with Crippen LogP contribution in [-0.4, -0.2) is 85.6 Å². The lowest BCUT2D eigenvalue weighted by molar-refractivity contribution is -0.00294. The first kappa shape index (κ1) is 24.3. The minimum absolute atomic E-state index is 0.197. The number of alkyl halides is 2. The van der Waals surface area contributed by atoms with E-state index in [0.717, 1.165) is 51.7 Å². The van der Waals surface area contributed by atoms with Gasteiger partial charge in [-0.1, -0.05) is 0 Å². The molecule has 11 heteroatoms. The van der Waals surface area contributed by atoms with Gasteiger partial charge in [-0.3, -0.25) is 4.90 Å². The van der Waals surface area contributed by atoms with Crippen molar-refractivity contribution in [1.29, 1.82) is 0 Å². The highest BCUT2D eigenvalue weighted by molar-refractivity contribution is 5.86. The van der Waals surface area contributed by atoms with Crippen molar-refractivity contribution < 1.29 is 22.7 Å². The van der Waals surface area contributed by atoms with Crippen LogP contribution in [-0.2, 0) is 4.74 Å². The number of rotatable bonds is 6. The van der Waals surface area contributed by atoms with Gasteiger partial charge in [-0.2, -0.15) is 13.2 Å². The Morgan fingerprint density at radius 2 is 2.06 bits per heavy atom. The summed E-state index contributed by atoms with van der Waals surface area (Å²) in [7, 11) is 0. The predicted molar refractivity (Wildman–Crippen MR) is 123 cm³/mol. The minimum atomic E-state index is -2.81. The van der Waals surface area contributed by atoms with Crippen molar-refractivity contribution in [1.82, 2.24) is 14.8 Å². The summed E-state index contributed by atoms with van der Waals surface area (Å²) >= 11 is 0.